The molecule has 0 unspecified atom stereocenters. The van der Waals surface area contributed by atoms with Gasteiger partial charge in [-0.2, -0.15) is 0 Å². The van der Waals surface area contributed by atoms with E-state index in [2.05, 4.69) is 0 Å². The highest BCUT2D eigenvalue weighted by molar-refractivity contribution is 6.32. The molecular formula is C15H12Cl2N2O6. The van der Waals surface area contributed by atoms with E-state index >= 15 is 0 Å². The third kappa shape index (κ3) is 5.20. The van der Waals surface area contributed by atoms with Gasteiger partial charge in [0.2, 0.25) is 0 Å². The van der Waals surface area contributed by atoms with Crippen LogP contribution in [0.25, 0.3) is 0 Å². The van der Waals surface area contributed by atoms with Gasteiger partial charge in [0.05, 0.1) is 33.1 Å². The Morgan fingerprint density at radius 3 is 1.52 bits per heavy atom. The lowest BCUT2D eigenvalue weighted by Gasteiger charge is -2.10. The highest BCUT2D eigenvalue weighted by atomic mass is 35.5. The Morgan fingerprint density at radius 1 is 0.800 bits per heavy atom. The summed E-state index contributed by atoms with van der Waals surface area (Å²) in [7, 11) is 0. The van der Waals surface area contributed by atoms with E-state index in [4.69, 9.17) is 32.7 Å². The highest BCUT2D eigenvalue weighted by Crippen LogP contribution is 2.30. The number of non-ortho nitro benzene ring substituents is 2. The van der Waals surface area contributed by atoms with Crippen molar-refractivity contribution in [2.45, 2.75) is 6.42 Å². The Kier molecular flexibility index (Phi) is 6.37. The quantitative estimate of drug-likeness (QED) is 0.371. The molecule has 2 aromatic carbocycles. The molecule has 8 nitrogen and oxygen atoms in total. The maximum Gasteiger partial charge on any atom is 0.271 e. The van der Waals surface area contributed by atoms with E-state index in [0.29, 0.717) is 17.9 Å². The average molecular weight is 387 g/mol. The molecular weight excluding hydrogens is 375 g/mol. The number of halogens is 2. The van der Waals surface area contributed by atoms with Crippen molar-refractivity contribution in [2.24, 2.45) is 0 Å². The van der Waals surface area contributed by atoms with Crippen molar-refractivity contribution in [3.8, 4) is 11.5 Å². The third-order valence-corrected chi connectivity index (χ3v) is 3.65. The largest absolute Gasteiger partial charge is 0.492 e. The lowest BCUT2D eigenvalue weighted by molar-refractivity contribution is -0.385. The van der Waals surface area contributed by atoms with Crippen LogP contribution in [0.3, 0.4) is 0 Å². The molecule has 2 rings (SSSR count). The van der Waals surface area contributed by atoms with Gasteiger partial charge in [0.1, 0.15) is 11.5 Å². The molecule has 2 aromatic rings. The fraction of sp³-hybridized carbons (Fsp3) is 0.200. The van der Waals surface area contributed by atoms with Gasteiger partial charge in [-0.1, -0.05) is 23.2 Å². The molecule has 0 atom stereocenters. The third-order valence-electron chi connectivity index (χ3n) is 3.06. The van der Waals surface area contributed by atoms with E-state index in [1.165, 1.54) is 36.4 Å². The molecule has 0 heterocycles. The molecule has 25 heavy (non-hydrogen) atoms. The molecule has 0 aromatic heterocycles. The smallest absolute Gasteiger partial charge is 0.271 e. The first kappa shape index (κ1) is 18.8. The number of nitro benzene ring substituents is 2. The number of hydrogen-bond donors (Lipinski definition) is 0. The molecule has 0 N–H and O–H groups in total. The summed E-state index contributed by atoms with van der Waals surface area (Å²) in [5, 5.41) is 21.5. The van der Waals surface area contributed by atoms with Gasteiger partial charge in [0, 0.05) is 30.7 Å². The number of nitro groups is 2. The molecule has 0 saturated carbocycles. The standard InChI is InChI=1S/C15H12Cl2N2O6/c16-12-8-10(18(20)21)2-4-14(12)24-6-1-7-25-15-5-3-11(19(22)23)9-13(15)17/h2-5,8-9H,1,6-7H2. The summed E-state index contributed by atoms with van der Waals surface area (Å²) in [5.41, 5.74) is -0.234. The summed E-state index contributed by atoms with van der Waals surface area (Å²) >= 11 is 11.8. The van der Waals surface area contributed by atoms with E-state index in [9.17, 15) is 20.2 Å². The minimum absolute atomic E-state index is 0.117. The summed E-state index contributed by atoms with van der Waals surface area (Å²) in [5.74, 6) is 0.668. The van der Waals surface area contributed by atoms with Crippen LogP contribution in [-0.2, 0) is 0 Å². The van der Waals surface area contributed by atoms with Crippen molar-refractivity contribution < 1.29 is 19.3 Å². The van der Waals surface area contributed by atoms with Crippen LogP contribution in [0.2, 0.25) is 10.0 Å². The molecule has 0 aliphatic heterocycles. The monoisotopic (exact) mass is 386 g/mol. The van der Waals surface area contributed by atoms with Crippen LogP contribution in [0, 0.1) is 20.2 Å². The Balaban J connectivity index is 1.80. The van der Waals surface area contributed by atoms with E-state index in [1.807, 2.05) is 0 Å². The van der Waals surface area contributed by atoms with E-state index in [1.54, 1.807) is 0 Å². The molecule has 0 fully saturated rings. The SMILES string of the molecule is O=[N+]([O-])c1ccc(OCCCOc2ccc([N+](=O)[O-])cc2Cl)c(Cl)c1. The number of benzene rings is 2. The van der Waals surface area contributed by atoms with E-state index in [-0.39, 0.29) is 34.6 Å². The van der Waals surface area contributed by atoms with Crippen LogP contribution in [0.15, 0.2) is 36.4 Å². The maximum absolute atomic E-state index is 10.6. The molecule has 10 heteroatoms. The maximum atomic E-state index is 10.6. The second-order valence-corrected chi connectivity index (χ2v) is 5.61. The highest BCUT2D eigenvalue weighted by Gasteiger charge is 2.11. The lowest BCUT2D eigenvalue weighted by atomic mass is 10.3. The van der Waals surface area contributed by atoms with Crippen LogP contribution in [0.5, 0.6) is 11.5 Å². The van der Waals surface area contributed by atoms with E-state index in [0.717, 1.165) is 0 Å². The normalized spacial score (nSPS) is 10.3. The zero-order valence-electron chi connectivity index (χ0n) is 12.7. The topological polar surface area (TPSA) is 105 Å². The Morgan fingerprint density at radius 2 is 1.20 bits per heavy atom. The fourth-order valence-electron chi connectivity index (χ4n) is 1.86. The number of nitrogens with zero attached hydrogens (tertiary/aromatic N) is 2. The van der Waals surface area contributed by atoms with Crippen LogP contribution < -0.4 is 9.47 Å². The minimum Gasteiger partial charge on any atom is -0.492 e. The number of rotatable bonds is 8. The van der Waals surface area contributed by atoms with Gasteiger partial charge in [-0.3, -0.25) is 20.2 Å². The van der Waals surface area contributed by atoms with Gasteiger partial charge >= 0.3 is 0 Å². The zero-order chi connectivity index (χ0) is 18.4. The Bertz CT molecular complexity index is 734. The van der Waals surface area contributed by atoms with Gasteiger partial charge in [0.25, 0.3) is 11.4 Å². The first-order valence-electron chi connectivity index (χ1n) is 7.02. The van der Waals surface area contributed by atoms with Crippen molar-refractivity contribution in [2.75, 3.05) is 13.2 Å². The molecule has 0 saturated heterocycles. The first-order valence-corrected chi connectivity index (χ1v) is 7.77. The van der Waals surface area contributed by atoms with Crippen molar-refractivity contribution >= 4 is 34.6 Å². The Labute approximate surface area is 152 Å². The average Bonchev–Trinajstić information content (AvgIpc) is 2.56. The van der Waals surface area contributed by atoms with Crippen molar-refractivity contribution in [1.29, 1.82) is 0 Å². The zero-order valence-corrected chi connectivity index (χ0v) is 14.2. The predicted octanol–water partition coefficient (Wildman–Crippen LogP) is 4.66. The van der Waals surface area contributed by atoms with Crippen LogP contribution in [0.4, 0.5) is 11.4 Å². The van der Waals surface area contributed by atoms with Crippen molar-refractivity contribution in [1.82, 2.24) is 0 Å². The van der Waals surface area contributed by atoms with Gasteiger partial charge in [-0.05, 0) is 12.1 Å². The van der Waals surface area contributed by atoms with E-state index < -0.39 is 9.85 Å². The molecule has 0 aliphatic rings. The summed E-state index contributed by atoms with van der Waals surface area (Å²) in [4.78, 5) is 20.2. The summed E-state index contributed by atoms with van der Waals surface area (Å²) in [6.07, 6.45) is 0.487. The second-order valence-electron chi connectivity index (χ2n) is 4.79. The lowest BCUT2D eigenvalue weighted by Crippen LogP contribution is -2.05. The molecule has 0 spiro atoms. The van der Waals surface area contributed by atoms with Crippen LogP contribution >= 0.6 is 23.2 Å². The number of hydrogen-bond acceptors (Lipinski definition) is 6. The van der Waals surface area contributed by atoms with Gasteiger partial charge < -0.3 is 9.47 Å². The fourth-order valence-corrected chi connectivity index (χ4v) is 2.32. The van der Waals surface area contributed by atoms with Crippen molar-refractivity contribution in [3.63, 3.8) is 0 Å². The summed E-state index contributed by atoms with van der Waals surface area (Å²) in [6.45, 7) is 0.532. The molecule has 132 valence electrons. The van der Waals surface area contributed by atoms with Crippen LogP contribution in [-0.4, -0.2) is 23.1 Å². The van der Waals surface area contributed by atoms with Gasteiger partial charge in [0.15, 0.2) is 0 Å². The predicted molar refractivity (Wildman–Crippen MR) is 91.8 cm³/mol. The minimum atomic E-state index is -0.544. The second kappa shape index (κ2) is 8.50. The molecule has 0 aliphatic carbocycles. The number of ether oxygens (including phenoxy) is 2. The Hall–Kier alpha value is -2.58. The molecule has 0 bridgehead atoms. The first-order chi connectivity index (χ1) is 11.9. The summed E-state index contributed by atoms with van der Waals surface area (Å²) in [6, 6.07) is 7.87. The molecule has 0 amide bonds. The molecule has 0 radical (unpaired) electrons. The van der Waals surface area contributed by atoms with Gasteiger partial charge in [-0.25, -0.2) is 0 Å². The summed E-state index contributed by atoms with van der Waals surface area (Å²) < 4.78 is 10.9. The van der Waals surface area contributed by atoms with Crippen molar-refractivity contribution in [3.05, 3.63) is 66.7 Å². The van der Waals surface area contributed by atoms with Gasteiger partial charge in [-0.15, -0.1) is 0 Å². The van der Waals surface area contributed by atoms with Crippen LogP contribution in [0.1, 0.15) is 6.42 Å².